The predicted molar refractivity (Wildman–Crippen MR) is 47.9 cm³/mol. The van der Waals surface area contributed by atoms with Crippen molar-refractivity contribution in [3.8, 4) is 0 Å². The molecule has 2 aromatic rings. The van der Waals surface area contributed by atoms with Crippen LogP contribution in [0.25, 0.3) is 0 Å². The Labute approximate surface area is 83.4 Å². The quantitative estimate of drug-likeness (QED) is 0.476. The van der Waals surface area contributed by atoms with Gasteiger partial charge in [-0.3, -0.25) is 5.84 Å². The van der Waals surface area contributed by atoms with Crippen molar-refractivity contribution in [2.75, 3.05) is 0 Å². The van der Waals surface area contributed by atoms with Crippen molar-refractivity contribution in [1.29, 1.82) is 0 Å². The van der Waals surface area contributed by atoms with Crippen LogP contribution in [0.3, 0.4) is 0 Å². The summed E-state index contributed by atoms with van der Waals surface area (Å²) in [6, 6.07) is -0.359. The highest BCUT2D eigenvalue weighted by Gasteiger charge is 2.19. The highest BCUT2D eigenvalue weighted by Crippen LogP contribution is 2.14. The Morgan fingerprint density at radius 1 is 1.64 bits per heavy atom. The molecule has 8 nitrogen and oxygen atoms in total. The molecule has 1 atom stereocenters. The predicted octanol–water partition coefficient (Wildman–Crippen LogP) is -1.39. The first-order chi connectivity index (χ1) is 6.81. The Balaban J connectivity index is 2.31. The van der Waals surface area contributed by atoms with E-state index in [1.807, 2.05) is 0 Å². The monoisotopic (exact) mass is 212 g/mol. The summed E-state index contributed by atoms with van der Waals surface area (Å²) in [4.78, 5) is 1.36. The molecule has 0 amide bonds. The molecule has 0 aliphatic rings. The number of nitrogens with two attached hydrogens (primary N) is 1. The molecular formula is C5H8N8S. The zero-order valence-corrected chi connectivity index (χ0v) is 8.14. The van der Waals surface area contributed by atoms with Crippen LogP contribution in [0.5, 0.6) is 0 Å². The van der Waals surface area contributed by atoms with Crippen molar-refractivity contribution in [2.45, 2.75) is 6.04 Å². The highest BCUT2D eigenvalue weighted by molar-refractivity contribution is 6.99. The number of hydrogen-bond donors (Lipinski definition) is 2. The molecule has 0 aromatic carbocycles. The summed E-state index contributed by atoms with van der Waals surface area (Å²) < 4.78 is 7.92. The number of aromatic nitrogens is 6. The molecule has 9 heteroatoms. The molecule has 0 aliphatic heterocycles. The van der Waals surface area contributed by atoms with Crippen LogP contribution in [0.2, 0.25) is 0 Å². The summed E-state index contributed by atoms with van der Waals surface area (Å²) in [5, 5.41) is 11.6. The van der Waals surface area contributed by atoms with E-state index in [0.29, 0.717) is 11.5 Å². The van der Waals surface area contributed by atoms with Crippen LogP contribution in [-0.4, -0.2) is 29.0 Å². The van der Waals surface area contributed by atoms with E-state index in [1.165, 1.54) is 4.80 Å². The molecule has 14 heavy (non-hydrogen) atoms. The fourth-order valence-electron chi connectivity index (χ4n) is 1.01. The first-order valence-electron chi connectivity index (χ1n) is 3.78. The first-order valence-corrected chi connectivity index (χ1v) is 4.52. The van der Waals surface area contributed by atoms with E-state index in [9.17, 15) is 0 Å². The summed E-state index contributed by atoms with van der Waals surface area (Å²) >= 11 is 1.11. The molecule has 0 saturated heterocycles. The molecule has 0 fully saturated rings. The van der Waals surface area contributed by atoms with Gasteiger partial charge in [0.1, 0.15) is 11.7 Å². The van der Waals surface area contributed by atoms with Gasteiger partial charge in [-0.2, -0.15) is 13.5 Å². The Hall–Kier alpha value is -1.45. The van der Waals surface area contributed by atoms with Crippen molar-refractivity contribution in [3.63, 3.8) is 0 Å². The average Bonchev–Trinajstić information content (AvgIpc) is 2.79. The third kappa shape index (κ3) is 1.60. The van der Waals surface area contributed by atoms with Gasteiger partial charge in [-0.15, -0.1) is 10.2 Å². The van der Waals surface area contributed by atoms with E-state index in [1.54, 1.807) is 13.2 Å². The SMILES string of the molecule is Cn1nnc(C(NN)c2cnsn2)n1. The van der Waals surface area contributed by atoms with Gasteiger partial charge in [-0.25, -0.2) is 5.43 Å². The fourth-order valence-corrected chi connectivity index (χ4v) is 1.45. The average molecular weight is 212 g/mol. The van der Waals surface area contributed by atoms with Crippen LogP contribution < -0.4 is 11.3 Å². The minimum absolute atomic E-state index is 0.359. The Morgan fingerprint density at radius 2 is 2.50 bits per heavy atom. The number of nitrogens with zero attached hydrogens (tertiary/aromatic N) is 6. The van der Waals surface area contributed by atoms with Crippen molar-refractivity contribution in [3.05, 3.63) is 17.7 Å². The summed E-state index contributed by atoms with van der Waals surface area (Å²) in [5.41, 5.74) is 3.25. The maximum absolute atomic E-state index is 5.38. The van der Waals surface area contributed by atoms with Gasteiger partial charge >= 0.3 is 0 Å². The minimum atomic E-state index is -0.359. The second kappa shape index (κ2) is 3.74. The number of nitrogens with one attached hydrogen (secondary N) is 1. The number of aryl methyl sites for hydroxylation is 1. The van der Waals surface area contributed by atoms with Crippen LogP contribution in [0.15, 0.2) is 6.20 Å². The van der Waals surface area contributed by atoms with Crippen LogP contribution in [-0.2, 0) is 7.05 Å². The van der Waals surface area contributed by atoms with Gasteiger partial charge in [0.05, 0.1) is 25.0 Å². The van der Waals surface area contributed by atoms with Crippen molar-refractivity contribution < 1.29 is 0 Å². The normalized spacial score (nSPS) is 13.0. The van der Waals surface area contributed by atoms with Crippen LogP contribution in [0, 0.1) is 0 Å². The maximum atomic E-state index is 5.38. The number of hydrazine groups is 1. The third-order valence-electron chi connectivity index (χ3n) is 1.62. The van der Waals surface area contributed by atoms with Crippen LogP contribution >= 0.6 is 11.7 Å². The molecule has 2 rings (SSSR count). The molecular weight excluding hydrogens is 204 g/mol. The second-order valence-corrected chi connectivity index (χ2v) is 3.13. The van der Waals surface area contributed by atoms with Crippen LogP contribution in [0.1, 0.15) is 17.6 Å². The van der Waals surface area contributed by atoms with Gasteiger partial charge in [0.2, 0.25) is 0 Å². The standard InChI is InChI=1S/C5H8N8S/c1-13-10-5(9-12-13)4(8-6)3-2-7-14-11-3/h2,4,8H,6H2,1H3. The zero-order valence-electron chi connectivity index (χ0n) is 7.32. The molecule has 74 valence electrons. The highest BCUT2D eigenvalue weighted by atomic mass is 32.1. The fraction of sp³-hybridized carbons (Fsp3) is 0.400. The Bertz CT molecular complexity index is 394. The lowest BCUT2D eigenvalue weighted by atomic mass is 10.2. The molecule has 0 aliphatic carbocycles. The smallest absolute Gasteiger partial charge is 0.199 e. The van der Waals surface area contributed by atoms with E-state index in [-0.39, 0.29) is 6.04 Å². The van der Waals surface area contributed by atoms with Crippen molar-refractivity contribution in [1.82, 2.24) is 34.4 Å². The van der Waals surface area contributed by atoms with Crippen molar-refractivity contribution in [2.24, 2.45) is 12.9 Å². The van der Waals surface area contributed by atoms with Gasteiger partial charge in [-0.05, 0) is 5.21 Å². The molecule has 0 bridgehead atoms. The lowest BCUT2D eigenvalue weighted by molar-refractivity contribution is 0.581. The lowest BCUT2D eigenvalue weighted by Gasteiger charge is -2.06. The minimum Gasteiger partial charge on any atom is -0.270 e. The maximum Gasteiger partial charge on any atom is 0.199 e. The van der Waals surface area contributed by atoms with E-state index in [4.69, 9.17) is 5.84 Å². The first kappa shape index (κ1) is 9.12. The molecule has 0 spiro atoms. The summed E-state index contributed by atoms with van der Waals surface area (Å²) in [6.07, 6.45) is 1.62. The molecule has 2 aromatic heterocycles. The molecule has 1 unspecified atom stereocenters. The van der Waals surface area contributed by atoms with Crippen LogP contribution in [0.4, 0.5) is 0 Å². The Morgan fingerprint density at radius 3 is 3.00 bits per heavy atom. The van der Waals surface area contributed by atoms with E-state index < -0.39 is 0 Å². The molecule has 3 N–H and O–H groups in total. The van der Waals surface area contributed by atoms with Gasteiger partial charge in [0.25, 0.3) is 0 Å². The Kier molecular flexibility index (Phi) is 2.43. The van der Waals surface area contributed by atoms with E-state index >= 15 is 0 Å². The number of hydrogen-bond acceptors (Lipinski definition) is 8. The summed E-state index contributed by atoms with van der Waals surface area (Å²) in [5.74, 6) is 5.85. The van der Waals surface area contributed by atoms with Gasteiger partial charge in [-0.1, -0.05) is 0 Å². The van der Waals surface area contributed by atoms with Gasteiger partial charge in [0, 0.05) is 0 Å². The molecule has 0 saturated carbocycles. The number of rotatable bonds is 3. The van der Waals surface area contributed by atoms with E-state index in [2.05, 4.69) is 29.6 Å². The summed E-state index contributed by atoms with van der Waals surface area (Å²) in [7, 11) is 1.68. The number of tetrazole rings is 1. The van der Waals surface area contributed by atoms with Gasteiger partial charge in [0.15, 0.2) is 5.82 Å². The van der Waals surface area contributed by atoms with Crippen molar-refractivity contribution >= 4 is 11.7 Å². The topological polar surface area (TPSA) is 107 Å². The summed E-state index contributed by atoms with van der Waals surface area (Å²) in [6.45, 7) is 0. The lowest BCUT2D eigenvalue weighted by Crippen LogP contribution is -2.30. The molecule has 2 heterocycles. The van der Waals surface area contributed by atoms with E-state index in [0.717, 1.165) is 11.7 Å². The largest absolute Gasteiger partial charge is 0.270 e. The molecule has 0 radical (unpaired) electrons. The second-order valence-electron chi connectivity index (χ2n) is 2.57. The zero-order chi connectivity index (χ0) is 9.97. The van der Waals surface area contributed by atoms with Gasteiger partial charge < -0.3 is 0 Å². The third-order valence-corrected chi connectivity index (χ3v) is 2.11.